The summed E-state index contributed by atoms with van der Waals surface area (Å²) in [5.74, 6) is 0. The fourth-order valence-corrected chi connectivity index (χ4v) is 1.03. The molecule has 2 aliphatic rings. The number of rotatable bonds is 1. The van der Waals surface area contributed by atoms with Gasteiger partial charge in [0.2, 0.25) is 0 Å². The van der Waals surface area contributed by atoms with Crippen LogP contribution in [-0.4, -0.2) is 0 Å². The topological polar surface area (TPSA) is 0 Å². The van der Waals surface area contributed by atoms with Crippen molar-refractivity contribution >= 4 is 0 Å². The summed E-state index contributed by atoms with van der Waals surface area (Å²) in [7, 11) is 0. The third kappa shape index (κ3) is 10.7. The second-order valence-electron chi connectivity index (χ2n) is 2.67. The van der Waals surface area contributed by atoms with E-state index in [1.807, 2.05) is 12.2 Å². The summed E-state index contributed by atoms with van der Waals surface area (Å²) in [6.45, 7) is 2.15. The van der Waals surface area contributed by atoms with E-state index in [4.69, 9.17) is 0 Å². The van der Waals surface area contributed by atoms with Crippen LogP contribution in [0.1, 0.15) is 26.2 Å². The molecule has 0 fully saturated rings. The van der Waals surface area contributed by atoms with E-state index in [-0.39, 0.29) is 51.0 Å². The molecule has 0 amide bonds. The average molecular weight is 320 g/mol. The van der Waals surface area contributed by atoms with Gasteiger partial charge in [0.15, 0.2) is 0 Å². The zero-order valence-corrected chi connectivity index (χ0v) is 12.7. The first-order valence-corrected chi connectivity index (χ1v) is 4.41. The molecule has 15 heavy (non-hydrogen) atoms. The van der Waals surface area contributed by atoms with E-state index in [2.05, 4.69) is 37.3 Å². The Morgan fingerprint density at radius 1 is 1.20 bits per heavy atom. The summed E-state index contributed by atoms with van der Waals surface area (Å²) in [6, 6.07) is 0. The minimum Gasteiger partial charge on any atom is -1.00 e. The van der Waals surface area contributed by atoms with Crippen molar-refractivity contribution in [3.63, 3.8) is 0 Å². The molecule has 0 heterocycles. The van der Waals surface area contributed by atoms with Gasteiger partial charge in [-0.05, 0) is 0 Å². The predicted molar refractivity (Wildman–Crippen MR) is 52.4 cm³/mol. The number of allylic oxidation sites excluding steroid dienone is 8. The Morgan fingerprint density at radius 2 is 1.93 bits per heavy atom. The Morgan fingerprint density at radius 3 is 2.13 bits per heavy atom. The van der Waals surface area contributed by atoms with Crippen LogP contribution in [0.2, 0.25) is 0 Å². The van der Waals surface area contributed by atoms with Gasteiger partial charge in [-0.25, -0.2) is 23.8 Å². The molecule has 82 valence electrons. The Hall–Kier alpha value is 0.423. The molecule has 0 aromatic carbocycles. The first-order valence-electron chi connectivity index (χ1n) is 4.41. The molecule has 2 rings (SSSR count). The number of hydrogen-bond acceptors (Lipinski definition) is 0. The SMILES string of the molecule is CCC1=[C-]CC=C1.[C-]1=CC=CC1.[Cl-].[Cl-].[Zr+2]. The zero-order chi connectivity index (χ0) is 8.65. The molecule has 0 aromatic heterocycles. The molecule has 0 radical (unpaired) electrons. The molecule has 0 aliphatic heterocycles. The summed E-state index contributed by atoms with van der Waals surface area (Å²) in [5, 5.41) is 0. The minimum atomic E-state index is 0. The summed E-state index contributed by atoms with van der Waals surface area (Å²) in [6.07, 6.45) is 19.7. The van der Waals surface area contributed by atoms with Crippen molar-refractivity contribution in [2.24, 2.45) is 0 Å². The van der Waals surface area contributed by atoms with E-state index in [1.54, 1.807) is 0 Å². The molecule has 0 unspecified atom stereocenters. The van der Waals surface area contributed by atoms with Crippen LogP contribution in [0.25, 0.3) is 0 Å². The Bertz CT molecular complexity index is 230. The maximum Gasteiger partial charge on any atom is 2.00 e. The first kappa shape index (κ1) is 20.8. The van der Waals surface area contributed by atoms with Crippen LogP contribution in [0.3, 0.4) is 0 Å². The largest absolute Gasteiger partial charge is 2.00 e. The van der Waals surface area contributed by atoms with Gasteiger partial charge in [0.25, 0.3) is 0 Å². The van der Waals surface area contributed by atoms with Crippen LogP contribution >= 0.6 is 0 Å². The molecule has 3 heteroatoms. The third-order valence-electron chi connectivity index (χ3n) is 1.73. The molecule has 0 N–H and O–H groups in total. The van der Waals surface area contributed by atoms with E-state index in [9.17, 15) is 0 Å². The minimum absolute atomic E-state index is 0. The van der Waals surface area contributed by atoms with Crippen LogP contribution < -0.4 is 24.8 Å². The summed E-state index contributed by atoms with van der Waals surface area (Å²) < 4.78 is 0. The van der Waals surface area contributed by atoms with Crippen LogP contribution in [0.15, 0.2) is 36.0 Å². The monoisotopic (exact) mass is 318 g/mol. The fourth-order valence-electron chi connectivity index (χ4n) is 1.03. The van der Waals surface area contributed by atoms with Gasteiger partial charge in [-0.2, -0.15) is 12.2 Å². The molecule has 0 atom stereocenters. The van der Waals surface area contributed by atoms with Gasteiger partial charge in [-0.15, -0.1) is 12.8 Å². The van der Waals surface area contributed by atoms with Gasteiger partial charge in [-0.3, -0.25) is 12.2 Å². The normalized spacial score (nSPS) is 14.1. The average Bonchev–Trinajstić information content (AvgIpc) is 2.81. The molecular weight excluding hydrogens is 306 g/mol. The summed E-state index contributed by atoms with van der Waals surface area (Å²) >= 11 is 0. The van der Waals surface area contributed by atoms with Crippen molar-refractivity contribution in [2.75, 3.05) is 0 Å². The maximum atomic E-state index is 3.21. The summed E-state index contributed by atoms with van der Waals surface area (Å²) in [4.78, 5) is 0. The van der Waals surface area contributed by atoms with E-state index in [0.717, 1.165) is 19.3 Å². The molecule has 0 spiro atoms. The molecule has 0 saturated carbocycles. The van der Waals surface area contributed by atoms with Crippen molar-refractivity contribution in [1.29, 1.82) is 0 Å². The van der Waals surface area contributed by atoms with Crippen molar-refractivity contribution in [2.45, 2.75) is 26.2 Å². The van der Waals surface area contributed by atoms with Crippen LogP contribution in [-0.2, 0) is 26.2 Å². The number of halogens is 2. The second kappa shape index (κ2) is 14.4. The second-order valence-corrected chi connectivity index (χ2v) is 2.67. The van der Waals surface area contributed by atoms with Crippen LogP contribution in [0.5, 0.6) is 0 Å². The van der Waals surface area contributed by atoms with E-state index in [0.29, 0.717) is 0 Å². The van der Waals surface area contributed by atoms with Crippen molar-refractivity contribution in [1.82, 2.24) is 0 Å². The van der Waals surface area contributed by atoms with Crippen molar-refractivity contribution in [3.8, 4) is 0 Å². The van der Waals surface area contributed by atoms with Crippen molar-refractivity contribution in [3.05, 3.63) is 48.1 Å². The van der Waals surface area contributed by atoms with Crippen LogP contribution in [0, 0.1) is 12.2 Å². The Labute approximate surface area is 125 Å². The van der Waals surface area contributed by atoms with E-state index >= 15 is 0 Å². The Kier molecular flexibility index (Phi) is 20.0. The standard InChI is InChI=1S/C7H9.C5H5.2ClH.Zr/c1-2-7-5-3-4-6-7;1-2-4-5-3-1;;;/h3,5H,2,4H2,1H3;1-3H,4H2;2*1H;/q2*-1;;;+2/p-2. The van der Waals surface area contributed by atoms with Crippen molar-refractivity contribution < 1.29 is 51.0 Å². The van der Waals surface area contributed by atoms with Gasteiger partial charge >= 0.3 is 26.2 Å². The molecule has 2 aliphatic carbocycles. The third-order valence-corrected chi connectivity index (χ3v) is 1.73. The zero-order valence-electron chi connectivity index (χ0n) is 8.76. The van der Waals surface area contributed by atoms with Crippen LogP contribution in [0.4, 0.5) is 0 Å². The van der Waals surface area contributed by atoms with Gasteiger partial charge < -0.3 is 24.8 Å². The molecule has 0 saturated heterocycles. The molecular formula is C12H14Cl2Zr-2. The van der Waals surface area contributed by atoms with Gasteiger partial charge in [0.05, 0.1) is 0 Å². The van der Waals surface area contributed by atoms with Gasteiger partial charge in [0.1, 0.15) is 0 Å². The molecule has 0 nitrogen and oxygen atoms in total. The van der Waals surface area contributed by atoms with E-state index < -0.39 is 0 Å². The molecule has 0 bridgehead atoms. The van der Waals surface area contributed by atoms with Gasteiger partial charge in [0, 0.05) is 0 Å². The smallest absolute Gasteiger partial charge is 1.00 e. The predicted octanol–water partition coefficient (Wildman–Crippen LogP) is -2.60. The molecule has 0 aromatic rings. The number of hydrogen-bond donors (Lipinski definition) is 0. The first-order chi connectivity index (χ1) is 5.93. The maximum absolute atomic E-state index is 3.21. The quantitative estimate of drug-likeness (QED) is 0.465. The Balaban J connectivity index is -0.000000165. The van der Waals surface area contributed by atoms with Gasteiger partial charge in [-0.1, -0.05) is 13.3 Å². The van der Waals surface area contributed by atoms with E-state index in [1.165, 1.54) is 5.57 Å². The summed E-state index contributed by atoms with van der Waals surface area (Å²) in [5.41, 5.74) is 1.36. The fraction of sp³-hybridized carbons (Fsp3) is 0.333.